The molecule has 2 N–H and O–H groups in total. The van der Waals surface area contributed by atoms with Gasteiger partial charge in [0.05, 0.1) is 10.0 Å². The first-order valence-corrected chi connectivity index (χ1v) is 6.50. The van der Waals surface area contributed by atoms with Gasteiger partial charge in [0, 0.05) is 22.5 Å². The zero-order chi connectivity index (χ0) is 9.54. The molecular weight excluding hydrogens is 212 g/mol. The molecule has 1 saturated heterocycles. The number of nitrogens with zero attached hydrogens (tertiary/aromatic N) is 1. The summed E-state index contributed by atoms with van der Waals surface area (Å²) in [5.74, 6) is 0. The summed E-state index contributed by atoms with van der Waals surface area (Å²) in [6.07, 6.45) is 2.68. The first-order chi connectivity index (χ1) is 6.83. The van der Waals surface area contributed by atoms with E-state index in [1.807, 2.05) is 11.3 Å². The minimum atomic E-state index is 0.930. The summed E-state index contributed by atoms with van der Waals surface area (Å²) in [5.41, 5.74) is 5.75. The second-order valence-electron chi connectivity index (χ2n) is 3.66. The second-order valence-corrected chi connectivity index (χ2v) is 5.83. The molecule has 1 aliphatic rings. The highest BCUT2D eigenvalue weighted by atomic mass is 32.1. The van der Waals surface area contributed by atoms with Crippen molar-refractivity contribution in [2.45, 2.75) is 12.8 Å². The van der Waals surface area contributed by atoms with Gasteiger partial charge in [0.2, 0.25) is 0 Å². The predicted molar refractivity (Wildman–Crippen MR) is 65.6 cm³/mol. The third-order valence-corrected chi connectivity index (χ3v) is 4.81. The van der Waals surface area contributed by atoms with Crippen molar-refractivity contribution in [3.63, 3.8) is 0 Å². The molecular formula is C10H12N2S2. The van der Waals surface area contributed by atoms with Crippen LogP contribution in [0.2, 0.25) is 0 Å². The van der Waals surface area contributed by atoms with Crippen LogP contribution in [0.4, 0.5) is 10.0 Å². The quantitative estimate of drug-likeness (QED) is 0.806. The van der Waals surface area contributed by atoms with Crippen LogP contribution in [-0.2, 0) is 0 Å². The molecule has 2 nitrogen and oxygen atoms in total. The molecule has 0 aliphatic carbocycles. The number of fused-ring (bicyclic) bond motifs is 1. The Hall–Kier alpha value is -0.740. The summed E-state index contributed by atoms with van der Waals surface area (Å²) in [5, 5.41) is 2.35. The van der Waals surface area contributed by atoms with Crippen LogP contribution in [-0.4, -0.2) is 13.1 Å². The molecule has 3 rings (SSSR count). The standard InChI is InChI=1S/C10H12N2S2/c11-9-5-7-8(13-9)6-10(14-7)12-3-1-2-4-12/h5-6H,1-4,11H2. The molecule has 2 aromatic heterocycles. The van der Waals surface area contributed by atoms with Gasteiger partial charge in [-0.2, -0.15) is 0 Å². The normalized spacial score (nSPS) is 17.0. The van der Waals surface area contributed by atoms with Crippen LogP contribution in [0.15, 0.2) is 12.1 Å². The number of hydrogen-bond acceptors (Lipinski definition) is 4. The van der Waals surface area contributed by atoms with Crippen molar-refractivity contribution >= 4 is 42.1 Å². The highest BCUT2D eigenvalue weighted by molar-refractivity contribution is 7.31. The molecule has 0 saturated carbocycles. The van der Waals surface area contributed by atoms with Gasteiger partial charge in [-0.3, -0.25) is 0 Å². The highest BCUT2D eigenvalue weighted by Crippen LogP contribution is 2.39. The van der Waals surface area contributed by atoms with Gasteiger partial charge in [-0.1, -0.05) is 0 Å². The van der Waals surface area contributed by atoms with Crippen LogP contribution in [0.1, 0.15) is 12.8 Å². The summed E-state index contributed by atoms with van der Waals surface area (Å²) in [4.78, 5) is 2.48. The first-order valence-electron chi connectivity index (χ1n) is 4.87. The summed E-state index contributed by atoms with van der Waals surface area (Å²) < 4.78 is 2.68. The van der Waals surface area contributed by atoms with Crippen molar-refractivity contribution in [1.29, 1.82) is 0 Å². The fourth-order valence-corrected chi connectivity index (χ4v) is 4.15. The van der Waals surface area contributed by atoms with Crippen LogP contribution in [0.5, 0.6) is 0 Å². The number of anilines is 2. The lowest BCUT2D eigenvalue weighted by Crippen LogP contribution is -2.15. The van der Waals surface area contributed by atoms with E-state index in [1.165, 1.54) is 40.3 Å². The molecule has 0 amide bonds. The maximum absolute atomic E-state index is 5.75. The van der Waals surface area contributed by atoms with Crippen molar-refractivity contribution in [2.24, 2.45) is 0 Å². The van der Waals surface area contributed by atoms with Gasteiger partial charge in [-0.25, -0.2) is 0 Å². The van der Waals surface area contributed by atoms with Gasteiger partial charge < -0.3 is 10.6 Å². The minimum absolute atomic E-state index is 0.930. The fraction of sp³-hybridized carbons (Fsp3) is 0.400. The number of thiophene rings is 2. The van der Waals surface area contributed by atoms with Gasteiger partial charge in [0.1, 0.15) is 0 Å². The van der Waals surface area contributed by atoms with E-state index in [-0.39, 0.29) is 0 Å². The minimum Gasteiger partial charge on any atom is -0.391 e. The van der Waals surface area contributed by atoms with E-state index in [9.17, 15) is 0 Å². The number of rotatable bonds is 1. The molecule has 1 fully saturated rings. The molecule has 0 unspecified atom stereocenters. The molecule has 74 valence electrons. The Morgan fingerprint density at radius 1 is 1.07 bits per heavy atom. The Balaban J connectivity index is 2.01. The van der Waals surface area contributed by atoms with Crippen molar-refractivity contribution in [2.75, 3.05) is 23.7 Å². The Morgan fingerprint density at radius 2 is 1.79 bits per heavy atom. The maximum atomic E-state index is 5.75. The molecule has 0 bridgehead atoms. The number of nitrogen functional groups attached to an aromatic ring is 1. The highest BCUT2D eigenvalue weighted by Gasteiger charge is 2.15. The van der Waals surface area contributed by atoms with Crippen molar-refractivity contribution in [1.82, 2.24) is 0 Å². The summed E-state index contributed by atoms with van der Waals surface area (Å²) >= 11 is 3.56. The Bertz CT molecular complexity index is 420. The van der Waals surface area contributed by atoms with Crippen LogP contribution in [0.25, 0.3) is 9.40 Å². The van der Waals surface area contributed by atoms with E-state index in [2.05, 4.69) is 17.0 Å². The van der Waals surface area contributed by atoms with Crippen LogP contribution < -0.4 is 10.6 Å². The topological polar surface area (TPSA) is 29.3 Å². The summed E-state index contributed by atoms with van der Waals surface area (Å²) in [7, 11) is 0. The lowest BCUT2D eigenvalue weighted by atomic mass is 10.4. The lowest BCUT2D eigenvalue weighted by Gasteiger charge is -2.13. The van der Waals surface area contributed by atoms with Crippen molar-refractivity contribution in [3.8, 4) is 0 Å². The molecule has 4 heteroatoms. The Morgan fingerprint density at radius 3 is 2.50 bits per heavy atom. The van der Waals surface area contributed by atoms with Gasteiger partial charge in [-0.15, -0.1) is 22.7 Å². The third kappa shape index (κ3) is 1.29. The Kier molecular flexibility index (Phi) is 1.92. The molecule has 2 aromatic rings. The molecule has 0 radical (unpaired) electrons. The molecule has 1 aliphatic heterocycles. The molecule has 0 spiro atoms. The fourth-order valence-electron chi connectivity index (χ4n) is 1.94. The van der Waals surface area contributed by atoms with E-state index in [1.54, 1.807) is 11.3 Å². The largest absolute Gasteiger partial charge is 0.391 e. The van der Waals surface area contributed by atoms with Gasteiger partial charge >= 0.3 is 0 Å². The third-order valence-electron chi connectivity index (χ3n) is 2.63. The molecule has 14 heavy (non-hydrogen) atoms. The van der Waals surface area contributed by atoms with Crippen LogP contribution in [0, 0.1) is 0 Å². The summed E-state index contributed by atoms with van der Waals surface area (Å²) in [6.45, 7) is 2.45. The van der Waals surface area contributed by atoms with E-state index >= 15 is 0 Å². The van der Waals surface area contributed by atoms with E-state index in [0.29, 0.717) is 0 Å². The second kappa shape index (κ2) is 3.14. The van der Waals surface area contributed by atoms with Gasteiger partial charge in [-0.05, 0) is 25.0 Å². The van der Waals surface area contributed by atoms with E-state index in [0.717, 1.165) is 5.00 Å². The predicted octanol–water partition coefficient (Wildman–Crippen LogP) is 3.15. The summed E-state index contributed by atoms with van der Waals surface area (Å²) in [6, 6.07) is 4.37. The first kappa shape index (κ1) is 8.56. The average Bonchev–Trinajstić information content (AvgIpc) is 2.74. The average molecular weight is 224 g/mol. The SMILES string of the molecule is Nc1cc2sc(N3CCCC3)cc2s1. The molecule has 3 heterocycles. The zero-order valence-corrected chi connectivity index (χ0v) is 9.46. The lowest BCUT2D eigenvalue weighted by molar-refractivity contribution is 0.949. The molecule has 0 atom stereocenters. The van der Waals surface area contributed by atoms with Gasteiger partial charge in [0.15, 0.2) is 0 Å². The van der Waals surface area contributed by atoms with E-state index in [4.69, 9.17) is 5.73 Å². The van der Waals surface area contributed by atoms with Gasteiger partial charge in [0.25, 0.3) is 0 Å². The maximum Gasteiger partial charge on any atom is 0.0929 e. The number of hydrogen-bond donors (Lipinski definition) is 1. The van der Waals surface area contributed by atoms with Crippen LogP contribution >= 0.6 is 22.7 Å². The Labute approximate surface area is 90.9 Å². The smallest absolute Gasteiger partial charge is 0.0929 e. The van der Waals surface area contributed by atoms with Crippen molar-refractivity contribution in [3.05, 3.63) is 12.1 Å². The van der Waals surface area contributed by atoms with Crippen LogP contribution in [0.3, 0.4) is 0 Å². The van der Waals surface area contributed by atoms with Crippen molar-refractivity contribution < 1.29 is 0 Å². The number of nitrogens with two attached hydrogens (primary N) is 1. The zero-order valence-electron chi connectivity index (χ0n) is 7.82. The monoisotopic (exact) mass is 224 g/mol. The molecule has 0 aromatic carbocycles. The van der Waals surface area contributed by atoms with E-state index < -0.39 is 0 Å².